The van der Waals surface area contributed by atoms with Crippen molar-refractivity contribution in [2.75, 3.05) is 0 Å². The summed E-state index contributed by atoms with van der Waals surface area (Å²) in [5.41, 5.74) is 1.52. The zero-order valence-corrected chi connectivity index (χ0v) is 19.6. The molecule has 3 nitrogen and oxygen atoms in total. The van der Waals surface area contributed by atoms with Gasteiger partial charge in [0.15, 0.2) is 4.47 Å². The molecule has 1 heterocycles. The van der Waals surface area contributed by atoms with Crippen LogP contribution in [-0.4, -0.2) is 17.1 Å². The van der Waals surface area contributed by atoms with Crippen LogP contribution in [0.3, 0.4) is 0 Å². The van der Waals surface area contributed by atoms with Crippen LogP contribution in [0.4, 0.5) is 13.2 Å². The smallest absolute Gasteiger partial charge is 0.347 e. The van der Waals surface area contributed by atoms with Crippen LogP contribution in [0.2, 0.25) is 14.5 Å². The Bertz CT molecular complexity index is 1140. The Morgan fingerprint density at radius 1 is 1.16 bits per heavy atom. The van der Waals surface area contributed by atoms with Crippen molar-refractivity contribution in [2.45, 2.75) is 25.6 Å². The minimum absolute atomic E-state index is 0.0536. The van der Waals surface area contributed by atoms with E-state index < -0.39 is 12.1 Å². The minimum Gasteiger partial charge on any atom is -0.347 e. The fourth-order valence-electron chi connectivity index (χ4n) is 3.04. The molecular weight excluding hydrogens is 504 g/mol. The molecule has 2 aromatic carbocycles. The Balaban J connectivity index is 1.77. The van der Waals surface area contributed by atoms with Gasteiger partial charge in [0.1, 0.15) is 0 Å². The summed E-state index contributed by atoms with van der Waals surface area (Å²) in [6.45, 7) is 1.99. The Morgan fingerprint density at radius 2 is 1.84 bits per heavy atom. The lowest BCUT2D eigenvalue weighted by Gasteiger charge is -2.18. The summed E-state index contributed by atoms with van der Waals surface area (Å²) in [7, 11) is 0. The van der Waals surface area contributed by atoms with E-state index in [0.29, 0.717) is 21.2 Å². The first kappa shape index (κ1) is 24.6. The maximum atomic E-state index is 13.6. The molecule has 1 atom stereocenters. The minimum atomic E-state index is -4.53. The normalized spacial score (nSPS) is 12.8. The second kappa shape index (κ2) is 10.3. The lowest BCUT2D eigenvalue weighted by Crippen LogP contribution is -2.23. The number of carbonyl (C=O) groups is 1. The lowest BCUT2D eigenvalue weighted by molar-refractivity contribution is -0.139. The Labute approximate surface area is 201 Å². The van der Waals surface area contributed by atoms with Crippen molar-refractivity contribution >= 4 is 58.1 Å². The topological polar surface area (TPSA) is 42.0 Å². The van der Waals surface area contributed by atoms with Crippen molar-refractivity contribution < 1.29 is 18.0 Å². The summed E-state index contributed by atoms with van der Waals surface area (Å²) in [6, 6.07) is 8.66. The third-order valence-corrected chi connectivity index (χ3v) is 6.07. The number of allylic oxidation sites excluding steroid dienone is 1. The quantitative estimate of drug-likeness (QED) is 0.362. The fraction of sp³-hybridized carbons (Fsp3) is 0.182. The molecule has 0 bridgehead atoms. The highest BCUT2D eigenvalue weighted by molar-refractivity contribution is 7.15. The van der Waals surface area contributed by atoms with Crippen LogP contribution in [-0.2, 0) is 6.54 Å². The number of alkyl halides is 3. The fourth-order valence-corrected chi connectivity index (χ4v) is 4.51. The molecule has 10 heteroatoms. The lowest BCUT2D eigenvalue weighted by atomic mass is 9.96. The van der Waals surface area contributed by atoms with E-state index in [0.717, 1.165) is 11.0 Å². The van der Waals surface area contributed by atoms with E-state index in [2.05, 4.69) is 10.3 Å². The van der Waals surface area contributed by atoms with E-state index in [1.54, 1.807) is 31.3 Å². The van der Waals surface area contributed by atoms with E-state index in [1.807, 2.05) is 0 Å². The summed E-state index contributed by atoms with van der Waals surface area (Å²) >= 11 is 18.8. The van der Waals surface area contributed by atoms with E-state index in [-0.39, 0.29) is 28.1 Å². The first-order chi connectivity index (χ1) is 15.0. The van der Waals surface area contributed by atoms with Gasteiger partial charge in [-0.2, -0.15) is 13.2 Å². The number of hydrogen-bond acceptors (Lipinski definition) is 3. The molecule has 0 fully saturated rings. The summed E-state index contributed by atoms with van der Waals surface area (Å²) < 4.78 is 41.3. The summed E-state index contributed by atoms with van der Waals surface area (Å²) in [5, 5.41) is 3.03. The first-order valence-corrected chi connectivity index (χ1v) is 11.2. The highest BCUT2D eigenvalue weighted by Crippen LogP contribution is 2.38. The molecule has 32 heavy (non-hydrogen) atoms. The molecule has 0 aliphatic carbocycles. The van der Waals surface area contributed by atoms with Crippen molar-refractivity contribution in [3.05, 3.63) is 90.3 Å². The maximum absolute atomic E-state index is 13.6. The van der Waals surface area contributed by atoms with Gasteiger partial charge in [-0.05, 0) is 47.9 Å². The van der Waals surface area contributed by atoms with Gasteiger partial charge in [0, 0.05) is 26.7 Å². The highest BCUT2D eigenvalue weighted by Gasteiger charge is 2.39. The molecule has 0 aliphatic rings. The zero-order valence-electron chi connectivity index (χ0n) is 16.5. The number of hydrogen-bond donors (Lipinski definition) is 1. The number of nitrogens with zero attached hydrogens (tertiary/aromatic N) is 1. The molecule has 0 spiro atoms. The Kier molecular flexibility index (Phi) is 7.88. The highest BCUT2D eigenvalue weighted by atomic mass is 35.5. The van der Waals surface area contributed by atoms with Gasteiger partial charge in [0.2, 0.25) is 0 Å². The molecule has 3 rings (SSSR count). The van der Waals surface area contributed by atoms with Crippen LogP contribution in [0, 0.1) is 6.92 Å². The number of aryl methyl sites for hydroxylation is 1. The van der Waals surface area contributed by atoms with Gasteiger partial charge in [0.25, 0.3) is 5.91 Å². The molecule has 0 radical (unpaired) electrons. The SMILES string of the molecule is Cc1cc(C=CC(c2cc(Cl)cc(Cl)c2)C(F)(F)F)ccc1C(=O)NCc1cnc(Cl)s1. The van der Waals surface area contributed by atoms with Crippen molar-refractivity contribution in [3.63, 3.8) is 0 Å². The standard InChI is InChI=1S/C22H16Cl3F3N2OS/c1-12-6-13(2-4-18(12)20(31)29-10-17-11-30-21(25)32-17)3-5-19(22(26,27)28)14-7-15(23)9-16(24)8-14/h2-9,11,19H,10H2,1H3,(H,29,31). The van der Waals surface area contributed by atoms with Crippen LogP contribution < -0.4 is 5.32 Å². The largest absolute Gasteiger partial charge is 0.399 e. The Morgan fingerprint density at radius 3 is 2.41 bits per heavy atom. The number of halogens is 6. The van der Waals surface area contributed by atoms with E-state index in [4.69, 9.17) is 34.8 Å². The van der Waals surface area contributed by atoms with Gasteiger partial charge in [0.05, 0.1) is 12.5 Å². The second-order valence-corrected chi connectivity index (χ2v) is 9.49. The van der Waals surface area contributed by atoms with Crippen molar-refractivity contribution in [3.8, 4) is 0 Å². The number of benzene rings is 2. The van der Waals surface area contributed by atoms with Gasteiger partial charge in [-0.25, -0.2) is 4.98 Å². The average Bonchev–Trinajstić information content (AvgIpc) is 3.10. The predicted molar refractivity (Wildman–Crippen MR) is 124 cm³/mol. The number of carbonyl (C=O) groups excluding carboxylic acids is 1. The van der Waals surface area contributed by atoms with Crippen LogP contribution in [0.15, 0.2) is 48.7 Å². The first-order valence-electron chi connectivity index (χ1n) is 9.23. The molecular formula is C22H16Cl3F3N2OS. The number of thiazole rings is 1. The number of aromatic nitrogens is 1. The molecule has 168 valence electrons. The third-order valence-electron chi connectivity index (χ3n) is 4.52. The van der Waals surface area contributed by atoms with Crippen LogP contribution in [0.25, 0.3) is 6.08 Å². The molecule has 1 amide bonds. The molecule has 0 saturated carbocycles. The van der Waals surface area contributed by atoms with E-state index in [9.17, 15) is 18.0 Å². The molecule has 1 aromatic heterocycles. The van der Waals surface area contributed by atoms with Gasteiger partial charge >= 0.3 is 6.18 Å². The van der Waals surface area contributed by atoms with Crippen molar-refractivity contribution in [1.82, 2.24) is 10.3 Å². The van der Waals surface area contributed by atoms with Crippen LogP contribution >= 0.6 is 46.1 Å². The van der Waals surface area contributed by atoms with Gasteiger partial charge < -0.3 is 5.32 Å². The summed E-state index contributed by atoms with van der Waals surface area (Å²) in [6.07, 6.45) is -0.540. The third kappa shape index (κ3) is 6.48. The number of nitrogens with one attached hydrogen (secondary N) is 1. The maximum Gasteiger partial charge on any atom is 0.399 e. The molecule has 1 unspecified atom stereocenters. The Hall–Kier alpha value is -2.06. The molecule has 3 aromatic rings. The van der Waals surface area contributed by atoms with Crippen molar-refractivity contribution in [1.29, 1.82) is 0 Å². The van der Waals surface area contributed by atoms with Crippen molar-refractivity contribution in [2.24, 2.45) is 0 Å². The monoisotopic (exact) mass is 518 g/mol. The predicted octanol–water partition coefficient (Wildman–Crippen LogP) is 7.70. The number of rotatable bonds is 6. The van der Waals surface area contributed by atoms with Gasteiger partial charge in [-0.3, -0.25) is 4.79 Å². The van der Waals surface area contributed by atoms with E-state index in [1.165, 1.54) is 35.6 Å². The average molecular weight is 520 g/mol. The van der Waals surface area contributed by atoms with Gasteiger partial charge in [-0.15, -0.1) is 11.3 Å². The molecule has 0 aliphatic heterocycles. The van der Waals surface area contributed by atoms with Gasteiger partial charge in [-0.1, -0.05) is 59.1 Å². The summed E-state index contributed by atoms with van der Waals surface area (Å²) in [5.74, 6) is -2.18. The second-order valence-electron chi connectivity index (χ2n) is 6.92. The zero-order chi connectivity index (χ0) is 23.5. The number of amides is 1. The molecule has 0 saturated heterocycles. The van der Waals surface area contributed by atoms with Crippen LogP contribution in [0.5, 0.6) is 0 Å². The van der Waals surface area contributed by atoms with E-state index >= 15 is 0 Å². The summed E-state index contributed by atoms with van der Waals surface area (Å²) in [4.78, 5) is 17.2. The van der Waals surface area contributed by atoms with Crippen LogP contribution in [0.1, 0.15) is 37.8 Å². The molecule has 1 N–H and O–H groups in total.